The summed E-state index contributed by atoms with van der Waals surface area (Å²) in [7, 11) is 0. The maximum atomic E-state index is 10.3. The Morgan fingerprint density at radius 2 is 2.50 bits per heavy atom. The molecular formula is C4H7N3O+2. The van der Waals surface area contributed by atoms with Crippen molar-refractivity contribution in [3.8, 4) is 0 Å². The molecule has 1 aromatic heterocycles. The Kier molecular flexibility index (Phi) is 1.09. The van der Waals surface area contributed by atoms with Crippen molar-refractivity contribution in [3.05, 3.63) is 22.7 Å². The van der Waals surface area contributed by atoms with E-state index in [1.807, 2.05) is 0 Å². The van der Waals surface area contributed by atoms with Crippen molar-refractivity contribution in [2.24, 2.45) is 0 Å². The van der Waals surface area contributed by atoms with E-state index in [4.69, 9.17) is 0 Å². The van der Waals surface area contributed by atoms with Crippen molar-refractivity contribution >= 4 is 5.82 Å². The van der Waals surface area contributed by atoms with Gasteiger partial charge in [0.15, 0.2) is 0 Å². The number of aromatic amines is 2. The molecule has 1 rings (SSSR count). The van der Waals surface area contributed by atoms with Crippen LogP contribution in [0.5, 0.6) is 0 Å². The molecule has 5 N–H and O–H groups in total. The molecule has 0 amide bonds. The Hall–Kier alpha value is -1.16. The molecular weight excluding hydrogens is 106 g/mol. The zero-order chi connectivity index (χ0) is 5.98. The fourth-order valence-electron chi connectivity index (χ4n) is 0.442. The molecule has 0 atom stereocenters. The largest absolute Gasteiger partial charge is 0.498 e. The summed E-state index contributed by atoms with van der Waals surface area (Å²) in [5.74, 6) is 0.619. The van der Waals surface area contributed by atoms with Crippen LogP contribution >= 0.6 is 0 Å². The highest BCUT2D eigenvalue weighted by Gasteiger charge is 1.92. The van der Waals surface area contributed by atoms with Crippen LogP contribution in [-0.4, -0.2) is 4.98 Å². The number of aromatic nitrogens is 2. The summed E-state index contributed by atoms with van der Waals surface area (Å²) in [6, 6.07) is 1.68. The normalized spacial score (nSPS) is 9.12. The zero-order valence-electron chi connectivity index (χ0n) is 4.27. The molecule has 4 nitrogen and oxygen atoms in total. The summed E-state index contributed by atoms with van der Waals surface area (Å²) in [5, 5.41) is 0. The van der Waals surface area contributed by atoms with Crippen LogP contribution in [0.3, 0.4) is 0 Å². The van der Waals surface area contributed by atoms with E-state index >= 15 is 0 Å². The van der Waals surface area contributed by atoms with Crippen LogP contribution < -0.4 is 16.4 Å². The Balaban J connectivity index is 3.28. The molecule has 0 saturated heterocycles. The lowest BCUT2D eigenvalue weighted by molar-refractivity contribution is -0.405. The molecule has 0 bridgehead atoms. The second-order valence-electron chi connectivity index (χ2n) is 1.46. The first-order valence-electron chi connectivity index (χ1n) is 2.22. The second-order valence-corrected chi connectivity index (χ2v) is 1.46. The van der Waals surface area contributed by atoms with Gasteiger partial charge >= 0.3 is 5.69 Å². The van der Waals surface area contributed by atoms with E-state index in [0.717, 1.165) is 0 Å². The SMILES string of the molecule is [NH3+]c1cc[nH+]c(=O)[nH]1. The van der Waals surface area contributed by atoms with Gasteiger partial charge in [0.2, 0.25) is 0 Å². The maximum absolute atomic E-state index is 10.3. The highest BCUT2D eigenvalue weighted by molar-refractivity contribution is 5.07. The lowest BCUT2D eigenvalue weighted by atomic mass is 10.6. The van der Waals surface area contributed by atoms with Gasteiger partial charge in [0.25, 0.3) is 5.82 Å². The third-order valence-corrected chi connectivity index (χ3v) is 0.773. The van der Waals surface area contributed by atoms with E-state index in [2.05, 4.69) is 15.7 Å². The number of quaternary nitrogens is 1. The van der Waals surface area contributed by atoms with Gasteiger partial charge in [-0.05, 0) is 0 Å². The molecule has 8 heavy (non-hydrogen) atoms. The second kappa shape index (κ2) is 1.75. The van der Waals surface area contributed by atoms with Crippen LogP contribution in [0, 0.1) is 0 Å². The summed E-state index contributed by atoms with van der Waals surface area (Å²) in [5.41, 5.74) is 3.28. The lowest BCUT2D eigenvalue weighted by Gasteiger charge is -1.73. The van der Waals surface area contributed by atoms with Gasteiger partial charge in [-0.1, -0.05) is 0 Å². The quantitative estimate of drug-likeness (QED) is 0.403. The molecule has 1 aromatic rings. The first-order valence-corrected chi connectivity index (χ1v) is 2.22. The molecule has 0 radical (unpaired) electrons. The van der Waals surface area contributed by atoms with Gasteiger partial charge in [0.1, 0.15) is 6.20 Å². The summed E-state index contributed by atoms with van der Waals surface area (Å²) >= 11 is 0. The van der Waals surface area contributed by atoms with Gasteiger partial charge in [-0.2, -0.15) is 9.78 Å². The molecule has 0 aliphatic heterocycles. The third kappa shape index (κ3) is 0.913. The molecule has 0 saturated carbocycles. The van der Waals surface area contributed by atoms with E-state index in [0.29, 0.717) is 5.82 Å². The summed E-state index contributed by atoms with van der Waals surface area (Å²) in [4.78, 5) is 15.2. The minimum absolute atomic E-state index is 0.225. The van der Waals surface area contributed by atoms with Crippen LogP contribution in [0.1, 0.15) is 0 Å². The monoisotopic (exact) mass is 113 g/mol. The van der Waals surface area contributed by atoms with Crippen molar-refractivity contribution in [1.82, 2.24) is 4.98 Å². The first-order chi connectivity index (χ1) is 3.79. The van der Waals surface area contributed by atoms with Crippen LogP contribution in [0.15, 0.2) is 17.1 Å². The molecule has 0 aliphatic carbocycles. The van der Waals surface area contributed by atoms with Crippen LogP contribution in [0.2, 0.25) is 0 Å². The minimum Gasteiger partial charge on any atom is -0.290 e. The Morgan fingerprint density at radius 3 is 2.88 bits per heavy atom. The standard InChI is InChI=1S/C4H5N3O/c5-3-1-2-6-4(8)7-3/h1-2H,(H3,5,6,7,8)/p+2. The van der Waals surface area contributed by atoms with E-state index < -0.39 is 0 Å². The van der Waals surface area contributed by atoms with Gasteiger partial charge in [-0.3, -0.25) is 5.73 Å². The van der Waals surface area contributed by atoms with E-state index in [-0.39, 0.29) is 5.69 Å². The fraction of sp³-hybridized carbons (Fsp3) is 0. The smallest absolute Gasteiger partial charge is 0.290 e. The number of hydrogen-bond acceptors (Lipinski definition) is 1. The first kappa shape index (κ1) is 4.99. The summed E-state index contributed by atoms with van der Waals surface area (Å²) in [6.07, 6.45) is 1.54. The van der Waals surface area contributed by atoms with Gasteiger partial charge in [0, 0.05) is 0 Å². The highest BCUT2D eigenvalue weighted by atomic mass is 16.1. The molecule has 0 aliphatic rings. The molecule has 1 heterocycles. The van der Waals surface area contributed by atoms with E-state index in [1.54, 1.807) is 12.3 Å². The maximum Gasteiger partial charge on any atom is 0.498 e. The Labute approximate surface area is 45.4 Å². The Morgan fingerprint density at radius 1 is 1.75 bits per heavy atom. The van der Waals surface area contributed by atoms with Crippen molar-refractivity contribution in [3.63, 3.8) is 0 Å². The summed E-state index contributed by atoms with van der Waals surface area (Å²) < 4.78 is 0. The van der Waals surface area contributed by atoms with Crippen LogP contribution in [0.25, 0.3) is 0 Å². The molecule has 0 unspecified atom stereocenters. The molecule has 4 heteroatoms. The molecule has 0 fully saturated rings. The average Bonchev–Trinajstić information content (AvgIpc) is 1.64. The zero-order valence-corrected chi connectivity index (χ0v) is 4.27. The Bertz CT molecular complexity index is 229. The average molecular weight is 113 g/mol. The number of hydrogen-bond donors (Lipinski definition) is 2. The van der Waals surface area contributed by atoms with Gasteiger partial charge < -0.3 is 0 Å². The molecule has 42 valence electrons. The number of rotatable bonds is 0. The predicted octanol–water partition coefficient (Wildman–Crippen LogP) is -1.94. The van der Waals surface area contributed by atoms with Crippen LogP contribution in [0.4, 0.5) is 5.82 Å². The fourth-order valence-corrected chi connectivity index (χ4v) is 0.442. The van der Waals surface area contributed by atoms with Gasteiger partial charge in [-0.25, -0.2) is 4.98 Å². The van der Waals surface area contributed by atoms with Gasteiger partial charge in [0.05, 0.1) is 6.07 Å². The topological polar surface area (TPSA) is 74.6 Å². The molecule has 0 spiro atoms. The highest BCUT2D eigenvalue weighted by Crippen LogP contribution is 1.76. The van der Waals surface area contributed by atoms with Crippen molar-refractivity contribution < 1.29 is 10.7 Å². The third-order valence-electron chi connectivity index (χ3n) is 0.773. The van der Waals surface area contributed by atoms with E-state index in [1.165, 1.54) is 0 Å². The van der Waals surface area contributed by atoms with Crippen molar-refractivity contribution in [2.75, 3.05) is 0 Å². The van der Waals surface area contributed by atoms with E-state index in [9.17, 15) is 4.79 Å². The van der Waals surface area contributed by atoms with Crippen LogP contribution in [-0.2, 0) is 0 Å². The number of nitrogens with one attached hydrogen (secondary N) is 2. The molecule has 0 aromatic carbocycles. The van der Waals surface area contributed by atoms with Crippen molar-refractivity contribution in [1.29, 1.82) is 0 Å². The van der Waals surface area contributed by atoms with Crippen molar-refractivity contribution in [2.45, 2.75) is 0 Å². The van der Waals surface area contributed by atoms with Gasteiger partial charge in [-0.15, -0.1) is 0 Å². The number of H-pyrrole nitrogens is 2. The summed E-state index contributed by atoms with van der Waals surface area (Å²) in [6.45, 7) is 0. The minimum atomic E-state index is -0.225. The lowest BCUT2D eigenvalue weighted by Crippen LogP contribution is -2.45. The predicted molar refractivity (Wildman–Crippen MR) is 26.2 cm³/mol.